The van der Waals surface area contributed by atoms with E-state index in [0.717, 1.165) is 31.7 Å². The zero-order valence-electron chi connectivity index (χ0n) is 13.2. The molecule has 0 aromatic heterocycles. The molecule has 0 fully saturated rings. The number of allylic oxidation sites excluding steroid dienone is 1. The lowest BCUT2D eigenvalue weighted by Gasteiger charge is -2.18. The molecule has 0 rings (SSSR count). The highest BCUT2D eigenvalue weighted by Gasteiger charge is 2.16. The monoisotopic (exact) mass is 300 g/mol. The summed E-state index contributed by atoms with van der Waals surface area (Å²) in [6.07, 6.45) is 6.00. The Morgan fingerprint density at radius 1 is 1.15 bits per heavy atom. The van der Waals surface area contributed by atoms with Crippen molar-refractivity contribution in [1.29, 1.82) is 0 Å². The van der Waals surface area contributed by atoms with Crippen LogP contribution in [0.15, 0.2) is 11.6 Å². The van der Waals surface area contributed by atoms with Gasteiger partial charge in [-0.15, -0.1) is 0 Å². The van der Waals surface area contributed by atoms with Crippen molar-refractivity contribution in [3.05, 3.63) is 11.6 Å². The molecule has 4 nitrogen and oxygen atoms in total. The van der Waals surface area contributed by atoms with Crippen molar-refractivity contribution in [3.63, 3.8) is 0 Å². The zero-order chi connectivity index (χ0) is 15.6. The summed E-state index contributed by atoms with van der Waals surface area (Å²) < 4.78 is 5.10. The van der Waals surface area contributed by atoms with Gasteiger partial charge in [0.15, 0.2) is 0 Å². The third kappa shape index (κ3) is 13.3. The summed E-state index contributed by atoms with van der Waals surface area (Å²) in [5.74, 6) is -0.970. The summed E-state index contributed by atoms with van der Waals surface area (Å²) in [5, 5.41) is 8.55. The summed E-state index contributed by atoms with van der Waals surface area (Å²) >= 11 is 0. The maximum absolute atomic E-state index is 10.9. The topological polar surface area (TPSA) is 63.6 Å². The molecule has 0 aliphatic heterocycles. The van der Waals surface area contributed by atoms with E-state index in [1.807, 2.05) is 0 Å². The molecule has 0 bridgehead atoms. The highest BCUT2D eigenvalue weighted by molar-refractivity contribution is 6.76. The van der Waals surface area contributed by atoms with E-state index in [0.29, 0.717) is 6.61 Å². The van der Waals surface area contributed by atoms with Crippen LogP contribution in [0.4, 0.5) is 0 Å². The maximum Gasteiger partial charge on any atom is 0.303 e. The van der Waals surface area contributed by atoms with Crippen molar-refractivity contribution >= 4 is 20.0 Å². The van der Waals surface area contributed by atoms with Crippen LogP contribution in [0.25, 0.3) is 0 Å². The zero-order valence-corrected chi connectivity index (χ0v) is 14.2. The van der Waals surface area contributed by atoms with Gasteiger partial charge >= 0.3 is 11.9 Å². The Hall–Kier alpha value is -1.10. The number of ether oxygens (including phenoxy) is 1. The van der Waals surface area contributed by atoms with Crippen LogP contribution in [-0.2, 0) is 14.3 Å². The van der Waals surface area contributed by atoms with Crippen molar-refractivity contribution in [2.45, 2.75) is 64.7 Å². The number of hydrogen-bond donors (Lipinski definition) is 1. The Balaban J connectivity index is 4.13. The van der Waals surface area contributed by atoms with Crippen molar-refractivity contribution in [2.24, 2.45) is 0 Å². The molecule has 116 valence electrons. The Kier molecular flexibility index (Phi) is 9.21. The molecular weight excluding hydrogens is 272 g/mol. The lowest BCUT2D eigenvalue weighted by atomic mass is 10.1. The Morgan fingerprint density at radius 3 is 2.30 bits per heavy atom. The molecule has 20 heavy (non-hydrogen) atoms. The van der Waals surface area contributed by atoms with Crippen molar-refractivity contribution in [2.75, 3.05) is 6.61 Å². The second-order valence-corrected chi connectivity index (χ2v) is 11.8. The van der Waals surface area contributed by atoms with E-state index in [1.165, 1.54) is 12.5 Å². The average Bonchev–Trinajstić information content (AvgIpc) is 2.27. The van der Waals surface area contributed by atoms with Gasteiger partial charge < -0.3 is 9.84 Å². The third-order valence-corrected chi connectivity index (χ3v) is 4.26. The van der Waals surface area contributed by atoms with Crippen molar-refractivity contribution < 1.29 is 19.4 Å². The number of aliphatic carboxylic acids is 1. The number of carbonyl (C=O) groups is 2. The number of unbranched alkanes of at least 4 members (excludes halogenated alkanes) is 3. The fourth-order valence-corrected chi connectivity index (χ4v) is 3.57. The van der Waals surface area contributed by atoms with Crippen molar-refractivity contribution in [1.82, 2.24) is 0 Å². The first-order valence-corrected chi connectivity index (χ1v) is 10.9. The summed E-state index contributed by atoms with van der Waals surface area (Å²) in [6.45, 7) is 8.71. The number of carboxylic acids is 1. The van der Waals surface area contributed by atoms with Gasteiger partial charge in [-0.25, -0.2) is 0 Å². The molecule has 1 N–H and O–H groups in total. The number of carboxylic acid groups (broad SMARTS) is 1. The fourth-order valence-electron chi connectivity index (χ4n) is 1.96. The smallest absolute Gasteiger partial charge is 0.303 e. The van der Waals surface area contributed by atoms with Crippen LogP contribution >= 0.6 is 0 Å². The van der Waals surface area contributed by atoms with Gasteiger partial charge in [-0.05, 0) is 30.9 Å². The van der Waals surface area contributed by atoms with Gasteiger partial charge in [0.25, 0.3) is 0 Å². The minimum absolute atomic E-state index is 0.243. The molecular formula is C15H28O4Si. The van der Waals surface area contributed by atoms with E-state index in [9.17, 15) is 9.59 Å². The lowest BCUT2D eigenvalue weighted by Crippen LogP contribution is -2.21. The largest absolute Gasteiger partial charge is 0.481 e. The molecule has 0 atom stereocenters. The van der Waals surface area contributed by atoms with Gasteiger partial charge in [0.2, 0.25) is 0 Å². The van der Waals surface area contributed by atoms with Crippen LogP contribution in [0.1, 0.15) is 39.0 Å². The molecule has 0 saturated carbocycles. The van der Waals surface area contributed by atoms with Crippen LogP contribution in [0, 0.1) is 0 Å². The van der Waals surface area contributed by atoms with Gasteiger partial charge in [0.05, 0.1) is 0 Å². The van der Waals surface area contributed by atoms with Gasteiger partial charge in [-0.3, -0.25) is 9.59 Å². The van der Waals surface area contributed by atoms with Crippen LogP contribution in [0.5, 0.6) is 0 Å². The van der Waals surface area contributed by atoms with Gasteiger partial charge in [-0.1, -0.05) is 32.1 Å². The molecule has 0 unspecified atom stereocenters. The molecule has 0 aromatic rings. The van der Waals surface area contributed by atoms with E-state index in [2.05, 4.69) is 25.7 Å². The predicted octanol–water partition coefficient (Wildman–Crippen LogP) is 3.85. The lowest BCUT2D eigenvalue weighted by molar-refractivity contribution is -0.140. The molecule has 0 saturated heterocycles. The molecule has 0 spiro atoms. The van der Waals surface area contributed by atoms with E-state index in [4.69, 9.17) is 9.84 Å². The van der Waals surface area contributed by atoms with Crippen LogP contribution in [-0.4, -0.2) is 31.7 Å². The summed E-state index contributed by atoms with van der Waals surface area (Å²) in [4.78, 5) is 21.3. The second-order valence-electron chi connectivity index (χ2n) is 6.37. The third-order valence-electron chi connectivity index (χ3n) is 2.75. The van der Waals surface area contributed by atoms with Crippen LogP contribution < -0.4 is 0 Å². The van der Waals surface area contributed by atoms with Gasteiger partial charge in [0, 0.05) is 21.4 Å². The number of rotatable bonds is 10. The minimum atomic E-state index is -1.22. The van der Waals surface area contributed by atoms with E-state index in [-0.39, 0.29) is 12.4 Å². The van der Waals surface area contributed by atoms with Crippen LogP contribution in [0.3, 0.4) is 0 Å². The molecule has 0 aromatic carbocycles. The Morgan fingerprint density at radius 2 is 1.80 bits per heavy atom. The molecule has 0 radical (unpaired) electrons. The predicted molar refractivity (Wildman–Crippen MR) is 83.6 cm³/mol. The molecule has 0 aliphatic carbocycles. The first-order chi connectivity index (χ1) is 9.20. The first-order valence-electron chi connectivity index (χ1n) is 7.24. The molecule has 0 aliphatic rings. The Bertz CT molecular complexity index is 342. The van der Waals surface area contributed by atoms with E-state index in [1.54, 1.807) is 0 Å². The SMILES string of the molecule is CC(=O)OC/C(=C/CCCCCC(=O)O)C[Si](C)(C)C. The summed E-state index contributed by atoms with van der Waals surface area (Å²) in [5.41, 5.74) is 1.21. The molecule has 5 heteroatoms. The summed E-state index contributed by atoms with van der Waals surface area (Å²) in [6, 6.07) is 1.04. The quantitative estimate of drug-likeness (QED) is 0.288. The average molecular weight is 300 g/mol. The van der Waals surface area contributed by atoms with E-state index >= 15 is 0 Å². The number of esters is 1. The van der Waals surface area contributed by atoms with Crippen LogP contribution in [0.2, 0.25) is 25.7 Å². The van der Waals surface area contributed by atoms with E-state index < -0.39 is 14.0 Å². The van der Waals surface area contributed by atoms with Gasteiger partial charge in [-0.2, -0.15) is 0 Å². The second kappa shape index (κ2) is 9.75. The number of hydrogen-bond acceptors (Lipinski definition) is 3. The highest BCUT2D eigenvalue weighted by atomic mass is 28.3. The minimum Gasteiger partial charge on any atom is -0.481 e. The normalized spacial score (nSPS) is 12.3. The van der Waals surface area contributed by atoms with Crippen molar-refractivity contribution in [3.8, 4) is 0 Å². The fraction of sp³-hybridized carbons (Fsp3) is 0.733. The number of carbonyl (C=O) groups excluding carboxylic acids is 1. The molecule has 0 amide bonds. The maximum atomic E-state index is 10.9. The molecule has 0 heterocycles. The highest BCUT2D eigenvalue weighted by Crippen LogP contribution is 2.18. The standard InChI is InChI=1S/C15H28O4Si/c1-13(16)19-11-14(12-20(2,3)4)9-7-5-6-8-10-15(17)18/h9H,5-8,10-12H2,1-4H3,(H,17,18)/b14-9-. The Labute approximate surface area is 123 Å². The summed E-state index contributed by atoms with van der Waals surface area (Å²) in [7, 11) is -1.22. The first kappa shape index (κ1) is 18.9. The van der Waals surface area contributed by atoms with Gasteiger partial charge in [0.1, 0.15) is 6.61 Å².